The molecular formula is C22H23IN6O2. The summed E-state index contributed by atoms with van der Waals surface area (Å²) >= 11 is 2.35. The summed E-state index contributed by atoms with van der Waals surface area (Å²) in [6, 6.07) is 6.38. The maximum Gasteiger partial charge on any atom is 0.255 e. The number of carbonyl (C=O) groups is 1. The number of aromatic amines is 1. The number of H-pyrrole nitrogens is 1. The number of carbonyl (C=O) groups excluding carboxylic acids is 1. The van der Waals surface area contributed by atoms with Crippen LogP contribution in [0.4, 0.5) is 0 Å². The fourth-order valence-corrected chi connectivity index (χ4v) is 4.71. The van der Waals surface area contributed by atoms with E-state index in [9.17, 15) is 9.90 Å². The van der Waals surface area contributed by atoms with Gasteiger partial charge in [0.25, 0.3) is 5.91 Å². The molecule has 1 saturated carbocycles. The van der Waals surface area contributed by atoms with Crippen LogP contribution in [-0.2, 0) is 11.5 Å². The van der Waals surface area contributed by atoms with Gasteiger partial charge in [0, 0.05) is 29.1 Å². The number of alkyl halides is 1. The van der Waals surface area contributed by atoms with Gasteiger partial charge in [-0.05, 0) is 37.3 Å². The number of hydrogen-bond acceptors (Lipinski definition) is 5. The molecule has 3 N–H and O–H groups in total. The number of fused-ring (bicyclic) bond motifs is 2. The van der Waals surface area contributed by atoms with Crippen molar-refractivity contribution >= 4 is 50.6 Å². The molecule has 0 radical (unpaired) electrons. The van der Waals surface area contributed by atoms with Crippen LogP contribution in [0.1, 0.15) is 41.6 Å². The van der Waals surface area contributed by atoms with E-state index < -0.39 is 0 Å². The molecule has 0 spiro atoms. The Bertz CT molecular complexity index is 1270. The van der Waals surface area contributed by atoms with Crippen LogP contribution in [0.3, 0.4) is 0 Å². The van der Waals surface area contributed by atoms with Crippen molar-refractivity contribution in [3.63, 3.8) is 0 Å². The predicted molar refractivity (Wildman–Crippen MR) is 127 cm³/mol. The standard InChI is InChI=1S/C22H23IN6O2/c1-29-18-8-12(9-23)2-7-15(18)19(28-29)17-11-25-21-20(27-17)16(10-24-21)22(31)26-13-3-5-14(30)6-4-13/h2,7-8,10-11,13-14,30H,3-6,9H2,1H3,(H,24,25)(H,26,31)/t13-,14-. The van der Waals surface area contributed by atoms with Crippen LogP contribution >= 0.6 is 22.6 Å². The van der Waals surface area contributed by atoms with E-state index in [4.69, 9.17) is 4.98 Å². The van der Waals surface area contributed by atoms with Crippen LogP contribution in [0, 0.1) is 0 Å². The summed E-state index contributed by atoms with van der Waals surface area (Å²) in [6.07, 6.45) is 6.10. The van der Waals surface area contributed by atoms with Crippen molar-refractivity contribution in [2.24, 2.45) is 7.05 Å². The quantitative estimate of drug-likeness (QED) is 0.277. The van der Waals surface area contributed by atoms with Crippen molar-refractivity contribution in [2.75, 3.05) is 0 Å². The molecule has 9 heteroatoms. The minimum atomic E-state index is -0.254. The van der Waals surface area contributed by atoms with Crippen molar-refractivity contribution < 1.29 is 9.90 Å². The first-order valence-corrected chi connectivity index (χ1v) is 11.9. The van der Waals surface area contributed by atoms with E-state index in [0.29, 0.717) is 22.4 Å². The summed E-state index contributed by atoms with van der Waals surface area (Å²) in [5.41, 5.74) is 5.24. The van der Waals surface area contributed by atoms with Crippen LogP contribution in [0.2, 0.25) is 0 Å². The first-order valence-electron chi connectivity index (χ1n) is 10.4. The first-order chi connectivity index (χ1) is 15.0. The molecule has 0 atom stereocenters. The molecule has 1 aromatic carbocycles. The number of amides is 1. The molecule has 160 valence electrons. The normalized spacial score (nSPS) is 19.2. The third-order valence-corrected chi connectivity index (χ3v) is 6.85. The highest BCUT2D eigenvalue weighted by molar-refractivity contribution is 14.1. The Labute approximate surface area is 192 Å². The van der Waals surface area contributed by atoms with Crippen molar-refractivity contribution in [3.05, 3.63) is 41.7 Å². The summed E-state index contributed by atoms with van der Waals surface area (Å²) in [5.74, 6) is -0.170. The molecule has 1 aliphatic rings. The molecule has 1 aliphatic carbocycles. The first kappa shape index (κ1) is 20.4. The molecule has 1 fully saturated rings. The summed E-state index contributed by atoms with van der Waals surface area (Å²) in [5, 5.41) is 18.5. The smallest absolute Gasteiger partial charge is 0.255 e. The van der Waals surface area contributed by atoms with Gasteiger partial charge < -0.3 is 15.4 Å². The Kier molecular flexibility index (Phi) is 5.39. The summed E-state index contributed by atoms with van der Waals surface area (Å²) in [6.45, 7) is 0. The van der Waals surface area contributed by atoms with Gasteiger partial charge in [-0.1, -0.05) is 34.7 Å². The van der Waals surface area contributed by atoms with E-state index in [0.717, 1.165) is 46.7 Å². The Morgan fingerprint density at radius 3 is 2.90 bits per heavy atom. The van der Waals surface area contributed by atoms with Gasteiger partial charge in [-0.15, -0.1) is 0 Å². The molecule has 0 saturated heterocycles. The molecule has 4 aromatic rings. The third-order valence-electron chi connectivity index (χ3n) is 5.97. The van der Waals surface area contributed by atoms with E-state index in [-0.39, 0.29) is 18.1 Å². The zero-order valence-electron chi connectivity index (χ0n) is 17.1. The minimum Gasteiger partial charge on any atom is -0.393 e. The Balaban J connectivity index is 1.49. The zero-order valence-corrected chi connectivity index (χ0v) is 19.3. The molecule has 0 unspecified atom stereocenters. The van der Waals surface area contributed by atoms with E-state index in [1.165, 1.54) is 5.56 Å². The SMILES string of the molecule is Cn1nc(-c2cnc3[nH]cc(C(=O)N[C@H]4CC[C@H](O)CC4)c3n2)c2ccc(CI)cc21. The second kappa shape index (κ2) is 8.19. The third kappa shape index (κ3) is 3.80. The number of aliphatic hydroxyl groups is 1. The van der Waals surface area contributed by atoms with E-state index in [1.54, 1.807) is 12.4 Å². The number of aliphatic hydroxyl groups excluding tert-OH is 1. The number of aryl methyl sites for hydroxylation is 1. The van der Waals surface area contributed by atoms with Gasteiger partial charge in [-0.3, -0.25) is 9.48 Å². The topological polar surface area (TPSA) is 109 Å². The average Bonchev–Trinajstić information content (AvgIpc) is 3.35. The molecule has 1 amide bonds. The lowest BCUT2D eigenvalue weighted by atomic mass is 9.93. The number of rotatable bonds is 4. The van der Waals surface area contributed by atoms with Crippen molar-refractivity contribution in [2.45, 2.75) is 42.3 Å². The van der Waals surface area contributed by atoms with Crippen LogP contribution in [0.15, 0.2) is 30.6 Å². The number of nitrogens with one attached hydrogen (secondary N) is 2. The highest BCUT2D eigenvalue weighted by Gasteiger charge is 2.23. The monoisotopic (exact) mass is 530 g/mol. The zero-order chi connectivity index (χ0) is 21.5. The highest BCUT2D eigenvalue weighted by atomic mass is 127. The van der Waals surface area contributed by atoms with Crippen molar-refractivity contribution in [1.82, 2.24) is 30.0 Å². The van der Waals surface area contributed by atoms with Crippen LogP contribution in [0.5, 0.6) is 0 Å². The predicted octanol–water partition coefficient (Wildman–Crippen LogP) is 3.48. The molecule has 8 nitrogen and oxygen atoms in total. The number of benzene rings is 1. The fraction of sp³-hybridized carbons (Fsp3) is 0.364. The van der Waals surface area contributed by atoms with Gasteiger partial charge in [0.2, 0.25) is 0 Å². The summed E-state index contributed by atoms with van der Waals surface area (Å²) in [7, 11) is 1.92. The van der Waals surface area contributed by atoms with Crippen LogP contribution in [0.25, 0.3) is 33.5 Å². The maximum absolute atomic E-state index is 12.9. The number of halogens is 1. The molecular weight excluding hydrogens is 507 g/mol. The van der Waals surface area contributed by atoms with Gasteiger partial charge in [-0.2, -0.15) is 5.10 Å². The minimum absolute atomic E-state index is 0.0730. The molecule has 0 aliphatic heterocycles. The van der Waals surface area contributed by atoms with E-state index in [1.807, 2.05) is 11.7 Å². The largest absolute Gasteiger partial charge is 0.393 e. The average molecular weight is 530 g/mol. The Morgan fingerprint density at radius 1 is 1.32 bits per heavy atom. The number of aromatic nitrogens is 5. The lowest BCUT2D eigenvalue weighted by Crippen LogP contribution is -2.38. The molecule has 3 aromatic heterocycles. The Morgan fingerprint density at radius 2 is 2.13 bits per heavy atom. The number of hydrogen-bond donors (Lipinski definition) is 3. The van der Waals surface area contributed by atoms with E-state index in [2.05, 4.69) is 61.2 Å². The fourth-order valence-electron chi connectivity index (χ4n) is 4.24. The molecule has 0 bridgehead atoms. The lowest BCUT2D eigenvalue weighted by Gasteiger charge is -2.26. The van der Waals surface area contributed by atoms with Gasteiger partial charge in [-0.25, -0.2) is 9.97 Å². The van der Waals surface area contributed by atoms with Crippen LogP contribution in [-0.4, -0.2) is 47.9 Å². The van der Waals surface area contributed by atoms with Gasteiger partial charge in [0.05, 0.1) is 23.4 Å². The number of nitrogens with zero attached hydrogens (tertiary/aromatic N) is 4. The summed E-state index contributed by atoms with van der Waals surface area (Å²) in [4.78, 5) is 25.2. The Hall–Kier alpha value is -2.53. The van der Waals surface area contributed by atoms with Crippen molar-refractivity contribution in [3.8, 4) is 11.4 Å². The van der Waals surface area contributed by atoms with Gasteiger partial charge >= 0.3 is 0 Å². The highest BCUT2D eigenvalue weighted by Crippen LogP contribution is 2.29. The van der Waals surface area contributed by atoms with Gasteiger partial charge in [0.15, 0.2) is 5.65 Å². The van der Waals surface area contributed by atoms with Crippen LogP contribution < -0.4 is 5.32 Å². The summed E-state index contributed by atoms with van der Waals surface area (Å²) < 4.78 is 2.79. The maximum atomic E-state index is 12.9. The van der Waals surface area contributed by atoms with Crippen molar-refractivity contribution in [1.29, 1.82) is 0 Å². The van der Waals surface area contributed by atoms with E-state index >= 15 is 0 Å². The second-order valence-electron chi connectivity index (χ2n) is 8.09. The second-order valence-corrected chi connectivity index (χ2v) is 8.85. The molecule has 5 rings (SSSR count). The van der Waals surface area contributed by atoms with Gasteiger partial charge in [0.1, 0.15) is 16.9 Å². The lowest BCUT2D eigenvalue weighted by molar-refractivity contribution is 0.0869. The molecule has 31 heavy (non-hydrogen) atoms. The molecule has 3 heterocycles.